The minimum Gasteiger partial charge on any atom is -0.492 e. The molecule has 0 atom stereocenters. The number of nitrogens with zero attached hydrogens (tertiary/aromatic N) is 1. The summed E-state index contributed by atoms with van der Waals surface area (Å²) in [5.74, 6) is 0.0623. The molecule has 0 bridgehead atoms. The van der Waals surface area contributed by atoms with Crippen LogP contribution in [0.3, 0.4) is 0 Å². The zero-order valence-electron chi connectivity index (χ0n) is 13.7. The standard InChI is InChI=1S/C17H21N3O3S/c1-12-3-5-13(6-4-12)23-9-8-20(2)11-15(21)19-17-14(16(18)22)7-10-24-17/h3-7,10H,8-9,11H2,1-2H3,(H2,18,22)(H,19,21). The molecular weight excluding hydrogens is 326 g/mol. The van der Waals surface area contributed by atoms with E-state index >= 15 is 0 Å². The summed E-state index contributed by atoms with van der Waals surface area (Å²) >= 11 is 1.27. The van der Waals surface area contributed by atoms with Crippen LogP contribution in [0.15, 0.2) is 35.7 Å². The molecule has 128 valence electrons. The van der Waals surface area contributed by atoms with Crippen molar-refractivity contribution >= 4 is 28.2 Å². The van der Waals surface area contributed by atoms with Crippen LogP contribution in [0.25, 0.3) is 0 Å². The highest BCUT2D eigenvalue weighted by Crippen LogP contribution is 2.22. The zero-order valence-corrected chi connectivity index (χ0v) is 14.6. The number of carbonyl (C=O) groups is 2. The number of carbonyl (C=O) groups excluding carboxylic acids is 2. The lowest BCUT2D eigenvalue weighted by molar-refractivity contribution is -0.117. The SMILES string of the molecule is Cc1ccc(OCCN(C)CC(=O)Nc2sccc2C(N)=O)cc1. The third-order valence-corrected chi connectivity index (χ3v) is 4.19. The molecular formula is C17H21N3O3S. The number of primary amides is 1. The average Bonchev–Trinajstić information content (AvgIpc) is 2.97. The fourth-order valence-corrected chi connectivity index (χ4v) is 2.85. The van der Waals surface area contributed by atoms with Gasteiger partial charge in [0.2, 0.25) is 5.91 Å². The average molecular weight is 347 g/mol. The van der Waals surface area contributed by atoms with Crippen molar-refractivity contribution < 1.29 is 14.3 Å². The van der Waals surface area contributed by atoms with Crippen LogP contribution in [0.4, 0.5) is 5.00 Å². The first kappa shape index (κ1) is 18.0. The summed E-state index contributed by atoms with van der Waals surface area (Å²) < 4.78 is 5.64. The van der Waals surface area contributed by atoms with Crippen LogP contribution in [-0.4, -0.2) is 43.5 Å². The van der Waals surface area contributed by atoms with Crippen LogP contribution < -0.4 is 15.8 Å². The number of nitrogens with one attached hydrogen (secondary N) is 1. The van der Waals surface area contributed by atoms with Gasteiger partial charge < -0.3 is 15.8 Å². The quantitative estimate of drug-likeness (QED) is 0.766. The summed E-state index contributed by atoms with van der Waals surface area (Å²) in [4.78, 5) is 25.1. The number of ether oxygens (including phenoxy) is 1. The summed E-state index contributed by atoms with van der Waals surface area (Å²) in [6, 6.07) is 9.42. The molecule has 0 aliphatic rings. The second-order valence-corrected chi connectivity index (χ2v) is 6.39. The van der Waals surface area contributed by atoms with E-state index in [9.17, 15) is 9.59 Å². The maximum Gasteiger partial charge on any atom is 0.251 e. The molecule has 0 aliphatic carbocycles. The highest BCUT2D eigenvalue weighted by atomic mass is 32.1. The minimum atomic E-state index is -0.550. The molecule has 1 aromatic carbocycles. The Bertz CT molecular complexity index is 697. The van der Waals surface area contributed by atoms with Crippen molar-refractivity contribution in [3.63, 3.8) is 0 Å². The zero-order chi connectivity index (χ0) is 17.5. The fraction of sp³-hybridized carbons (Fsp3) is 0.294. The Hall–Kier alpha value is -2.38. The van der Waals surface area contributed by atoms with E-state index in [1.807, 2.05) is 43.1 Å². The Balaban J connectivity index is 1.74. The van der Waals surface area contributed by atoms with Crippen molar-refractivity contribution in [1.29, 1.82) is 0 Å². The van der Waals surface area contributed by atoms with Gasteiger partial charge in [0.15, 0.2) is 0 Å². The summed E-state index contributed by atoms with van der Waals surface area (Å²) in [6.07, 6.45) is 0. The number of benzene rings is 1. The number of hydrogen-bond donors (Lipinski definition) is 2. The van der Waals surface area contributed by atoms with Gasteiger partial charge in [-0.25, -0.2) is 0 Å². The molecule has 3 N–H and O–H groups in total. The third kappa shape index (κ3) is 5.36. The summed E-state index contributed by atoms with van der Waals surface area (Å²) in [6.45, 7) is 3.31. The second-order valence-electron chi connectivity index (χ2n) is 5.48. The van der Waals surface area contributed by atoms with E-state index in [4.69, 9.17) is 10.5 Å². The van der Waals surface area contributed by atoms with Crippen LogP contribution in [0.2, 0.25) is 0 Å². The van der Waals surface area contributed by atoms with Gasteiger partial charge in [0.1, 0.15) is 17.4 Å². The lowest BCUT2D eigenvalue weighted by Gasteiger charge is -2.16. The van der Waals surface area contributed by atoms with Gasteiger partial charge in [-0.15, -0.1) is 11.3 Å². The maximum absolute atomic E-state index is 12.0. The molecule has 7 heteroatoms. The van der Waals surface area contributed by atoms with E-state index in [2.05, 4.69) is 5.32 Å². The molecule has 0 saturated heterocycles. The Kier molecular flexibility index (Phi) is 6.34. The van der Waals surface area contributed by atoms with Crippen LogP contribution in [-0.2, 0) is 4.79 Å². The summed E-state index contributed by atoms with van der Waals surface area (Å²) in [7, 11) is 1.83. The van der Waals surface area contributed by atoms with Crippen molar-refractivity contribution in [3.8, 4) is 5.75 Å². The number of rotatable bonds is 8. The molecule has 0 fully saturated rings. The molecule has 0 aliphatic heterocycles. The second kappa shape index (κ2) is 8.47. The van der Waals surface area contributed by atoms with E-state index < -0.39 is 5.91 Å². The Labute approximate surface area is 145 Å². The van der Waals surface area contributed by atoms with Gasteiger partial charge in [-0.2, -0.15) is 0 Å². The third-order valence-electron chi connectivity index (χ3n) is 3.36. The monoisotopic (exact) mass is 347 g/mol. The smallest absolute Gasteiger partial charge is 0.251 e. The van der Waals surface area contributed by atoms with Gasteiger partial charge in [-0.1, -0.05) is 17.7 Å². The van der Waals surface area contributed by atoms with E-state index in [0.29, 0.717) is 23.7 Å². The van der Waals surface area contributed by atoms with E-state index in [1.54, 1.807) is 11.4 Å². The topological polar surface area (TPSA) is 84.7 Å². The van der Waals surface area contributed by atoms with E-state index in [1.165, 1.54) is 16.9 Å². The molecule has 1 heterocycles. The number of anilines is 1. The molecule has 2 rings (SSSR count). The van der Waals surface area contributed by atoms with Gasteiger partial charge in [0.25, 0.3) is 5.91 Å². The Morgan fingerprint density at radius 3 is 2.62 bits per heavy atom. The number of likely N-dealkylation sites (N-methyl/N-ethyl adjacent to an activating group) is 1. The van der Waals surface area contributed by atoms with Crippen molar-refractivity contribution in [1.82, 2.24) is 4.90 Å². The van der Waals surface area contributed by atoms with Crippen LogP contribution >= 0.6 is 11.3 Å². The number of nitrogens with two attached hydrogens (primary N) is 1. The molecule has 24 heavy (non-hydrogen) atoms. The molecule has 0 radical (unpaired) electrons. The Morgan fingerprint density at radius 2 is 1.96 bits per heavy atom. The molecule has 6 nitrogen and oxygen atoms in total. The van der Waals surface area contributed by atoms with Gasteiger partial charge in [0.05, 0.1) is 12.1 Å². The lowest BCUT2D eigenvalue weighted by Crippen LogP contribution is -2.33. The van der Waals surface area contributed by atoms with Crippen LogP contribution in [0.1, 0.15) is 15.9 Å². The molecule has 2 aromatic rings. The minimum absolute atomic E-state index is 0.196. The van der Waals surface area contributed by atoms with Crippen LogP contribution in [0, 0.1) is 6.92 Å². The van der Waals surface area contributed by atoms with Gasteiger partial charge in [0, 0.05) is 6.54 Å². The number of hydrogen-bond acceptors (Lipinski definition) is 5. The fourth-order valence-electron chi connectivity index (χ4n) is 2.04. The van der Waals surface area contributed by atoms with Gasteiger partial charge in [-0.3, -0.25) is 14.5 Å². The number of thiophene rings is 1. The normalized spacial score (nSPS) is 10.6. The van der Waals surface area contributed by atoms with Gasteiger partial charge in [-0.05, 0) is 37.6 Å². The van der Waals surface area contributed by atoms with Crippen LogP contribution in [0.5, 0.6) is 5.75 Å². The maximum atomic E-state index is 12.0. The lowest BCUT2D eigenvalue weighted by atomic mass is 10.2. The molecule has 0 saturated carbocycles. The first-order valence-electron chi connectivity index (χ1n) is 7.51. The Morgan fingerprint density at radius 1 is 1.25 bits per heavy atom. The largest absolute Gasteiger partial charge is 0.492 e. The van der Waals surface area contributed by atoms with Crippen molar-refractivity contribution in [2.75, 3.05) is 32.1 Å². The van der Waals surface area contributed by atoms with Crippen molar-refractivity contribution in [3.05, 3.63) is 46.8 Å². The van der Waals surface area contributed by atoms with Crippen molar-refractivity contribution in [2.45, 2.75) is 6.92 Å². The van der Waals surface area contributed by atoms with E-state index in [-0.39, 0.29) is 12.5 Å². The molecule has 1 aromatic heterocycles. The summed E-state index contributed by atoms with van der Waals surface area (Å²) in [5, 5.41) is 4.91. The predicted molar refractivity (Wildman–Crippen MR) is 95.6 cm³/mol. The first-order chi connectivity index (χ1) is 11.5. The number of aryl methyl sites for hydroxylation is 1. The highest BCUT2D eigenvalue weighted by Gasteiger charge is 2.13. The predicted octanol–water partition coefficient (Wildman–Crippen LogP) is 2.10. The molecule has 0 unspecified atom stereocenters. The highest BCUT2D eigenvalue weighted by molar-refractivity contribution is 7.14. The van der Waals surface area contributed by atoms with Gasteiger partial charge >= 0.3 is 0 Å². The van der Waals surface area contributed by atoms with Crippen molar-refractivity contribution in [2.24, 2.45) is 5.73 Å². The molecule has 2 amide bonds. The number of amides is 2. The van der Waals surface area contributed by atoms with E-state index in [0.717, 1.165) is 5.75 Å². The summed E-state index contributed by atoms with van der Waals surface area (Å²) in [5.41, 5.74) is 6.77. The molecule has 0 spiro atoms. The first-order valence-corrected chi connectivity index (χ1v) is 8.39.